The Morgan fingerprint density at radius 2 is 2.25 bits per heavy atom. The van der Waals surface area contributed by atoms with E-state index < -0.39 is 0 Å². The summed E-state index contributed by atoms with van der Waals surface area (Å²) in [5.41, 5.74) is 2.91. The van der Waals surface area contributed by atoms with E-state index in [9.17, 15) is 0 Å². The number of aliphatic imine (C=N–C) groups is 1. The molecule has 0 radical (unpaired) electrons. The molecule has 0 saturated heterocycles. The molecule has 1 heterocycles. The second kappa shape index (κ2) is 2.89. The van der Waals surface area contributed by atoms with Gasteiger partial charge in [0.2, 0.25) is 0 Å². The first-order chi connectivity index (χ1) is 5.92. The Kier molecular flexibility index (Phi) is 1.74. The lowest BCUT2D eigenvalue weighted by atomic mass is 10.2. The van der Waals surface area contributed by atoms with E-state index in [0.29, 0.717) is 0 Å². The predicted molar refractivity (Wildman–Crippen MR) is 50.0 cm³/mol. The highest BCUT2D eigenvalue weighted by atomic mass is 32.1. The molecule has 0 fully saturated rings. The average molecular weight is 175 g/mol. The molecule has 0 atom stereocenters. The molecule has 2 rings (SSSR count). The van der Waals surface area contributed by atoms with Crippen LogP contribution in [0.1, 0.15) is 0 Å². The van der Waals surface area contributed by atoms with Gasteiger partial charge in [-0.05, 0) is 30.4 Å². The van der Waals surface area contributed by atoms with Crippen molar-refractivity contribution in [3.05, 3.63) is 30.7 Å². The third-order valence-corrected chi connectivity index (χ3v) is 1.77. The summed E-state index contributed by atoms with van der Waals surface area (Å²) in [6, 6.07) is 5.69. The number of hydrogen-bond donors (Lipinski definition) is 0. The number of hydrogen-bond acceptors (Lipinski definition) is 3. The minimum atomic E-state index is 0.843. The van der Waals surface area contributed by atoms with Crippen molar-refractivity contribution < 1.29 is 4.42 Å². The van der Waals surface area contributed by atoms with Gasteiger partial charge in [0.25, 0.3) is 0 Å². The first-order valence-electron chi connectivity index (χ1n) is 3.44. The SMILES string of the molecule is S=C=Nc1ccc2coccc1-2. The van der Waals surface area contributed by atoms with E-state index in [-0.39, 0.29) is 0 Å². The van der Waals surface area contributed by atoms with E-state index in [1.807, 2.05) is 18.2 Å². The molecule has 0 bridgehead atoms. The van der Waals surface area contributed by atoms with Gasteiger partial charge in [-0.15, -0.1) is 0 Å². The zero-order valence-corrected chi connectivity index (χ0v) is 6.97. The molecule has 2 aliphatic rings. The number of rotatable bonds is 1. The maximum atomic E-state index is 4.99. The summed E-state index contributed by atoms with van der Waals surface area (Å²) in [6.45, 7) is 0. The van der Waals surface area contributed by atoms with Gasteiger partial charge in [0.05, 0.1) is 23.4 Å². The highest BCUT2D eigenvalue weighted by molar-refractivity contribution is 7.78. The zero-order valence-electron chi connectivity index (χ0n) is 6.15. The fourth-order valence-electron chi connectivity index (χ4n) is 1.15. The van der Waals surface area contributed by atoms with Crippen molar-refractivity contribution in [3.63, 3.8) is 0 Å². The molecule has 3 heteroatoms. The zero-order chi connectivity index (χ0) is 8.39. The summed E-state index contributed by atoms with van der Waals surface area (Å²) in [6.07, 6.45) is 3.29. The Morgan fingerprint density at radius 3 is 3.08 bits per heavy atom. The molecule has 0 amide bonds. The topological polar surface area (TPSA) is 25.5 Å². The maximum Gasteiger partial charge on any atom is 0.0980 e. The van der Waals surface area contributed by atoms with E-state index in [2.05, 4.69) is 22.4 Å². The third-order valence-electron chi connectivity index (χ3n) is 1.68. The molecular weight excluding hydrogens is 170 g/mol. The maximum absolute atomic E-state index is 4.99. The van der Waals surface area contributed by atoms with Gasteiger partial charge in [-0.1, -0.05) is 0 Å². The van der Waals surface area contributed by atoms with Crippen molar-refractivity contribution in [2.24, 2.45) is 4.99 Å². The highest BCUT2D eigenvalue weighted by Gasteiger charge is 2.07. The number of fused-ring (bicyclic) bond motifs is 1. The monoisotopic (exact) mass is 175 g/mol. The lowest BCUT2D eigenvalue weighted by Gasteiger charge is -1.95. The van der Waals surface area contributed by atoms with E-state index in [1.54, 1.807) is 12.5 Å². The Morgan fingerprint density at radius 1 is 1.33 bits per heavy atom. The van der Waals surface area contributed by atoms with Crippen LogP contribution in [0.4, 0.5) is 5.69 Å². The van der Waals surface area contributed by atoms with Gasteiger partial charge in [-0.3, -0.25) is 0 Å². The summed E-state index contributed by atoms with van der Waals surface area (Å²) < 4.78 is 4.99. The van der Waals surface area contributed by atoms with Crippen molar-refractivity contribution in [1.29, 1.82) is 0 Å². The van der Waals surface area contributed by atoms with Crippen molar-refractivity contribution in [1.82, 2.24) is 0 Å². The second-order valence-electron chi connectivity index (χ2n) is 2.35. The molecule has 0 aromatic rings. The minimum Gasteiger partial charge on any atom is -0.472 e. The van der Waals surface area contributed by atoms with Crippen LogP contribution in [-0.4, -0.2) is 5.16 Å². The average Bonchev–Trinajstić information content (AvgIpc) is 2.50. The van der Waals surface area contributed by atoms with Gasteiger partial charge in [-0.2, -0.15) is 4.99 Å². The Balaban J connectivity index is 2.67. The molecule has 58 valence electrons. The third kappa shape index (κ3) is 1.05. The van der Waals surface area contributed by atoms with Gasteiger partial charge in [0, 0.05) is 11.1 Å². The molecule has 0 unspecified atom stereocenters. The number of thiocarbonyl (C=S) groups is 1. The fourth-order valence-corrected chi connectivity index (χ4v) is 1.25. The molecule has 0 saturated carbocycles. The predicted octanol–water partition coefficient (Wildman–Crippen LogP) is 3.12. The molecule has 2 nitrogen and oxygen atoms in total. The lowest BCUT2D eigenvalue weighted by Crippen LogP contribution is -1.69. The molecule has 0 aromatic carbocycles. The van der Waals surface area contributed by atoms with Gasteiger partial charge in [0.1, 0.15) is 0 Å². The molecule has 1 aliphatic carbocycles. The van der Waals surface area contributed by atoms with Crippen molar-refractivity contribution >= 4 is 23.1 Å². The van der Waals surface area contributed by atoms with Crippen LogP contribution in [0.15, 0.2) is 40.1 Å². The van der Waals surface area contributed by atoms with Crippen LogP contribution in [0.5, 0.6) is 0 Å². The van der Waals surface area contributed by atoms with Crippen LogP contribution in [0.2, 0.25) is 0 Å². The normalized spacial score (nSPS) is 9.67. The standard InChI is InChI=1S/C9H5NOS/c12-6-10-9-2-1-7-5-11-4-3-8(7)9/h1-5H. The molecule has 0 N–H and O–H groups in total. The summed E-state index contributed by atoms with van der Waals surface area (Å²) in [7, 11) is 0. The fraction of sp³-hybridized carbons (Fsp3) is 0. The molecular formula is C9H5NOS. The van der Waals surface area contributed by atoms with Gasteiger partial charge < -0.3 is 4.42 Å². The van der Waals surface area contributed by atoms with Crippen molar-refractivity contribution in [3.8, 4) is 11.1 Å². The highest BCUT2D eigenvalue weighted by Crippen LogP contribution is 2.33. The van der Waals surface area contributed by atoms with Crippen LogP contribution in [0.25, 0.3) is 11.1 Å². The molecule has 0 spiro atoms. The van der Waals surface area contributed by atoms with E-state index >= 15 is 0 Å². The van der Waals surface area contributed by atoms with Gasteiger partial charge in [0.15, 0.2) is 0 Å². The van der Waals surface area contributed by atoms with Gasteiger partial charge in [-0.25, -0.2) is 0 Å². The van der Waals surface area contributed by atoms with E-state index in [4.69, 9.17) is 4.42 Å². The number of isothiocyanates is 1. The van der Waals surface area contributed by atoms with E-state index in [0.717, 1.165) is 16.8 Å². The Labute approximate surface area is 74.9 Å². The summed E-state index contributed by atoms with van der Waals surface area (Å²) in [4.78, 5) is 3.92. The molecule has 1 aliphatic heterocycles. The quantitative estimate of drug-likeness (QED) is 0.491. The van der Waals surface area contributed by atoms with Crippen LogP contribution in [0, 0.1) is 0 Å². The molecule has 12 heavy (non-hydrogen) atoms. The van der Waals surface area contributed by atoms with Crippen LogP contribution in [0.3, 0.4) is 0 Å². The summed E-state index contributed by atoms with van der Waals surface area (Å²) >= 11 is 4.52. The summed E-state index contributed by atoms with van der Waals surface area (Å²) in [5.74, 6) is 0. The Hall–Kier alpha value is -1.44. The smallest absolute Gasteiger partial charge is 0.0980 e. The van der Waals surface area contributed by atoms with Crippen LogP contribution in [-0.2, 0) is 0 Å². The number of nitrogens with zero attached hydrogens (tertiary/aromatic N) is 1. The largest absolute Gasteiger partial charge is 0.472 e. The Bertz CT molecular complexity index is 415. The first-order valence-corrected chi connectivity index (χ1v) is 3.85. The summed E-state index contributed by atoms with van der Waals surface area (Å²) in [5, 5.41) is 2.34. The van der Waals surface area contributed by atoms with Crippen LogP contribution < -0.4 is 0 Å². The van der Waals surface area contributed by atoms with Crippen LogP contribution >= 0.6 is 12.2 Å². The first kappa shape index (κ1) is 7.22. The van der Waals surface area contributed by atoms with E-state index in [1.165, 1.54) is 0 Å². The second-order valence-corrected chi connectivity index (χ2v) is 2.53. The molecule has 0 aromatic heterocycles. The van der Waals surface area contributed by atoms with Crippen molar-refractivity contribution in [2.75, 3.05) is 0 Å². The lowest BCUT2D eigenvalue weighted by molar-refractivity contribution is 0.552. The van der Waals surface area contributed by atoms with Gasteiger partial charge >= 0.3 is 0 Å². The van der Waals surface area contributed by atoms with Crippen molar-refractivity contribution in [2.45, 2.75) is 0 Å². The minimum absolute atomic E-state index is 0.843.